The van der Waals surface area contributed by atoms with Gasteiger partial charge in [-0.2, -0.15) is 22.7 Å². The van der Waals surface area contributed by atoms with Gasteiger partial charge in [0.05, 0.1) is 16.3 Å². The predicted octanol–water partition coefficient (Wildman–Crippen LogP) is 4.43. The molecular formula is C22H17ClF3N5O2. The number of hydrogen-bond acceptors (Lipinski definition) is 4. The lowest BCUT2D eigenvalue weighted by Gasteiger charge is -2.14. The maximum Gasteiger partial charge on any atom is 0.416 e. The summed E-state index contributed by atoms with van der Waals surface area (Å²) in [5.74, 6) is -0.0612. The number of carbonyl (C=O) groups is 1. The normalized spacial score (nSPS) is 11.7. The van der Waals surface area contributed by atoms with Crippen LogP contribution in [-0.4, -0.2) is 25.1 Å². The van der Waals surface area contributed by atoms with E-state index in [9.17, 15) is 22.8 Å². The summed E-state index contributed by atoms with van der Waals surface area (Å²) in [5.41, 5.74) is -0.0210. The molecule has 170 valence electrons. The Morgan fingerprint density at radius 1 is 1.12 bits per heavy atom. The van der Waals surface area contributed by atoms with E-state index in [1.54, 1.807) is 12.1 Å². The fraction of sp³-hybridized carbons (Fsp3) is 0.182. The number of nitrogens with one attached hydrogen (secondary N) is 1. The van der Waals surface area contributed by atoms with Gasteiger partial charge in [-0.1, -0.05) is 48.9 Å². The summed E-state index contributed by atoms with van der Waals surface area (Å²) in [6.07, 6.45) is -4.11. The first-order valence-electron chi connectivity index (χ1n) is 9.89. The minimum atomic E-state index is -4.55. The number of fused-ring (bicyclic) bond motifs is 1. The van der Waals surface area contributed by atoms with Gasteiger partial charge in [0.1, 0.15) is 6.54 Å². The second-order valence-electron chi connectivity index (χ2n) is 7.17. The van der Waals surface area contributed by atoms with E-state index in [0.29, 0.717) is 23.5 Å². The molecule has 0 bridgehead atoms. The molecule has 0 radical (unpaired) electrons. The maximum atomic E-state index is 12.8. The summed E-state index contributed by atoms with van der Waals surface area (Å²) in [6, 6.07) is 13.1. The molecule has 1 amide bonds. The van der Waals surface area contributed by atoms with Gasteiger partial charge >= 0.3 is 6.18 Å². The molecule has 33 heavy (non-hydrogen) atoms. The minimum absolute atomic E-state index is 0.0382. The molecule has 0 atom stereocenters. The molecule has 4 rings (SSSR count). The number of nitrogens with zero attached hydrogens (tertiary/aromatic N) is 4. The molecule has 0 fully saturated rings. The molecule has 1 N–H and O–H groups in total. The Bertz CT molecular complexity index is 1400. The number of amides is 1. The Morgan fingerprint density at radius 3 is 2.48 bits per heavy atom. The highest BCUT2D eigenvalue weighted by Crippen LogP contribution is 2.33. The van der Waals surface area contributed by atoms with E-state index in [0.717, 1.165) is 22.7 Å². The standard InChI is InChI=1S/C22H17ClF3N5O2/c1-2-15-11-19(33)31-21(28-20(29-31)13-6-4-3-5-7-13)30(15)12-18(32)27-17-9-8-14(10-16(17)23)22(24,25)26/h3-11H,2,12H2,1H3,(H,27,32). The Labute approximate surface area is 190 Å². The van der Waals surface area contributed by atoms with Crippen molar-refractivity contribution in [3.8, 4) is 11.4 Å². The first kappa shape index (κ1) is 22.5. The predicted molar refractivity (Wildman–Crippen MR) is 117 cm³/mol. The van der Waals surface area contributed by atoms with Crippen LogP contribution in [0, 0.1) is 0 Å². The van der Waals surface area contributed by atoms with Gasteiger partial charge < -0.3 is 9.88 Å². The van der Waals surface area contributed by atoms with Crippen LogP contribution in [0.15, 0.2) is 59.4 Å². The summed E-state index contributed by atoms with van der Waals surface area (Å²) in [6.45, 7) is 1.57. The molecule has 11 heteroatoms. The molecule has 2 heterocycles. The summed E-state index contributed by atoms with van der Waals surface area (Å²) >= 11 is 5.94. The number of aromatic nitrogens is 4. The van der Waals surface area contributed by atoms with Gasteiger partial charge in [0.2, 0.25) is 11.7 Å². The second kappa shape index (κ2) is 8.70. The first-order chi connectivity index (χ1) is 15.7. The molecule has 0 spiro atoms. The van der Waals surface area contributed by atoms with Gasteiger partial charge in [-0.05, 0) is 24.6 Å². The van der Waals surface area contributed by atoms with Crippen LogP contribution in [0.4, 0.5) is 18.9 Å². The Hall–Kier alpha value is -3.66. The summed E-state index contributed by atoms with van der Waals surface area (Å²) < 4.78 is 41.2. The maximum absolute atomic E-state index is 12.8. The van der Waals surface area contributed by atoms with E-state index >= 15 is 0 Å². The Balaban J connectivity index is 1.68. The van der Waals surface area contributed by atoms with Crippen LogP contribution in [0.3, 0.4) is 0 Å². The van der Waals surface area contributed by atoms with Gasteiger partial charge in [0.25, 0.3) is 5.56 Å². The molecule has 0 saturated heterocycles. The van der Waals surface area contributed by atoms with Gasteiger partial charge in [0.15, 0.2) is 5.82 Å². The van der Waals surface area contributed by atoms with Crippen LogP contribution < -0.4 is 10.9 Å². The van der Waals surface area contributed by atoms with Crippen molar-refractivity contribution in [2.75, 3.05) is 5.32 Å². The van der Waals surface area contributed by atoms with Crippen molar-refractivity contribution in [3.63, 3.8) is 0 Å². The lowest BCUT2D eigenvalue weighted by molar-refractivity contribution is -0.137. The van der Waals surface area contributed by atoms with Crippen molar-refractivity contribution in [2.24, 2.45) is 0 Å². The van der Waals surface area contributed by atoms with E-state index in [-0.39, 0.29) is 28.6 Å². The highest BCUT2D eigenvalue weighted by molar-refractivity contribution is 6.33. The van der Waals surface area contributed by atoms with E-state index in [2.05, 4.69) is 15.4 Å². The average Bonchev–Trinajstić information content (AvgIpc) is 3.23. The third-order valence-electron chi connectivity index (χ3n) is 4.94. The molecule has 2 aromatic carbocycles. The zero-order chi connectivity index (χ0) is 23.8. The Kier molecular flexibility index (Phi) is 5.94. The van der Waals surface area contributed by atoms with Crippen LogP contribution in [0.25, 0.3) is 17.2 Å². The van der Waals surface area contributed by atoms with Crippen molar-refractivity contribution in [1.29, 1.82) is 0 Å². The molecule has 0 saturated carbocycles. The molecule has 0 aliphatic rings. The number of rotatable bonds is 5. The topological polar surface area (TPSA) is 81.3 Å². The Morgan fingerprint density at radius 2 is 1.85 bits per heavy atom. The first-order valence-corrected chi connectivity index (χ1v) is 10.3. The van der Waals surface area contributed by atoms with Crippen LogP contribution >= 0.6 is 11.6 Å². The average molecular weight is 476 g/mol. The number of hydrogen-bond donors (Lipinski definition) is 1. The second-order valence-corrected chi connectivity index (χ2v) is 7.57. The number of carbonyl (C=O) groups excluding carboxylic acids is 1. The van der Waals surface area contributed by atoms with Crippen LogP contribution in [0.5, 0.6) is 0 Å². The monoisotopic (exact) mass is 475 g/mol. The van der Waals surface area contributed by atoms with Gasteiger partial charge in [0, 0.05) is 17.3 Å². The highest BCUT2D eigenvalue weighted by atomic mass is 35.5. The van der Waals surface area contributed by atoms with Gasteiger partial charge in [-0.25, -0.2) is 0 Å². The van der Waals surface area contributed by atoms with Crippen LogP contribution in [0.1, 0.15) is 18.2 Å². The molecule has 4 aromatic rings. The van der Waals surface area contributed by atoms with Crippen molar-refractivity contribution in [3.05, 3.63) is 81.2 Å². The highest BCUT2D eigenvalue weighted by Gasteiger charge is 2.31. The van der Waals surface area contributed by atoms with Crippen molar-refractivity contribution in [1.82, 2.24) is 19.2 Å². The molecule has 0 aliphatic carbocycles. The van der Waals surface area contributed by atoms with Crippen molar-refractivity contribution >= 4 is 29.0 Å². The zero-order valence-electron chi connectivity index (χ0n) is 17.2. The van der Waals surface area contributed by atoms with Gasteiger partial charge in [-0.15, -0.1) is 5.10 Å². The molecule has 2 aromatic heterocycles. The number of halogens is 4. The van der Waals surface area contributed by atoms with Crippen molar-refractivity contribution < 1.29 is 18.0 Å². The fourth-order valence-corrected chi connectivity index (χ4v) is 3.57. The smallest absolute Gasteiger partial charge is 0.323 e. The molecular weight excluding hydrogens is 459 g/mol. The van der Waals surface area contributed by atoms with Crippen LogP contribution in [0.2, 0.25) is 5.02 Å². The van der Waals surface area contributed by atoms with Gasteiger partial charge in [-0.3, -0.25) is 9.59 Å². The third kappa shape index (κ3) is 4.61. The molecule has 0 aliphatic heterocycles. The van der Waals surface area contributed by atoms with E-state index in [4.69, 9.17) is 11.6 Å². The molecule has 0 unspecified atom stereocenters. The lowest BCUT2D eigenvalue weighted by atomic mass is 10.2. The minimum Gasteiger partial charge on any atom is -0.323 e. The van der Waals surface area contributed by atoms with E-state index in [1.165, 1.54) is 10.6 Å². The lowest BCUT2D eigenvalue weighted by Crippen LogP contribution is -2.26. The summed E-state index contributed by atoms with van der Waals surface area (Å²) in [7, 11) is 0. The zero-order valence-corrected chi connectivity index (χ0v) is 18.0. The number of benzene rings is 2. The van der Waals surface area contributed by atoms with E-state index < -0.39 is 17.6 Å². The van der Waals surface area contributed by atoms with Crippen LogP contribution in [-0.2, 0) is 23.9 Å². The van der Waals surface area contributed by atoms with Crippen molar-refractivity contribution in [2.45, 2.75) is 26.1 Å². The summed E-state index contributed by atoms with van der Waals surface area (Å²) in [4.78, 5) is 29.7. The quantitative estimate of drug-likeness (QED) is 0.463. The summed E-state index contributed by atoms with van der Waals surface area (Å²) in [5, 5.41) is 6.54. The molecule has 7 nitrogen and oxygen atoms in total. The SMILES string of the molecule is CCc1cc(=O)n2nc(-c3ccccc3)nc2n1CC(=O)Nc1ccc(C(F)(F)F)cc1Cl. The van der Waals surface area contributed by atoms with E-state index in [1.807, 2.05) is 25.1 Å². The third-order valence-corrected chi connectivity index (χ3v) is 5.26. The largest absolute Gasteiger partial charge is 0.416 e. The fourth-order valence-electron chi connectivity index (χ4n) is 3.34. The number of alkyl halides is 3. The number of anilines is 1. The number of aryl methyl sites for hydroxylation is 1.